The zero-order valence-corrected chi connectivity index (χ0v) is 22.5. The first-order valence-corrected chi connectivity index (χ1v) is 11.3. The van der Waals surface area contributed by atoms with Gasteiger partial charge in [-0.1, -0.05) is 11.6 Å². The summed E-state index contributed by atoms with van der Waals surface area (Å²) in [7, 11) is 1.64. The second-order valence-electron chi connectivity index (χ2n) is 10.3. The third kappa shape index (κ3) is 5.44. The Morgan fingerprint density at radius 3 is 2.45 bits per heavy atom. The average molecular weight is 476 g/mol. The Balaban J connectivity index is 0.00000306. The minimum absolute atomic E-state index is 0. The van der Waals surface area contributed by atoms with Crippen molar-refractivity contribution < 1.29 is 67.9 Å². The molecule has 4 fully saturated rings. The van der Waals surface area contributed by atoms with Crippen molar-refractivity contribution in [2.45, 2.75) is 82.1 Å². The molecule has 0 aromatic carbocycles. The topological polar surface area (TPSA) is 113 Å². The van der Waals surface area contributed by atoms with Crippen LogP contribution in [0.2, 0.25) is 0 Å². The van der Waals surface area contributed by atoms with Gasteiger partial charge in [-0.05, 0) is 47.0 Å². The monoisotopic (exact) mass is 475 g/mol. The van der Waals surface area contributed by atoms with Gasteiger partial charge < -0.3 is 38.5 Å². The van der Waals surface area contributed by atoms with Crippen molar-refractivity contribution >= 4 is 12.1 Å². The summed E-state index contributed by atoms with van der Waals surface area (Å²) in [6, 6.07) is 0. The fourth-order valence-corrected chi connectivity index (χ4v) is 5.49. The van der Waals surface area contributed by atoms with Gasteiger partial charge in [0.1, 0.15) is 29.0 Å². The number of aliphatic carboxylic acids is 1. The van der Waals surface area contributed by atoms with Crippen molar-refractivity contribution in [2.24, 2.45) is 5.92 Å². The number of rotatable bonds is 8. The van der Waals surface area contributed by atoms with Crippen molar-refractivity contribution in [3.05, 3.63) is 11.6 Å². The number of carbonyl (C=O) groups excluding carboxylic acids is 2. The van der Waals surface area contributed by atoms with Crippen molar-refractivity contribution in [1.82, 2.24) is 4.90 Å². The molecule has 0 aromatic rings. The second kappa shape index (κ2) is 9.76. The quantitative estimate of drug-likeness (QED) is 0.226. The van der Waals surface area contributed by atoms with E-state index in [0.717, 1.165) is 12.8 Å². The Morgan fingerprint density at radius 2 is 1.91 bits per heavy atom. The maximum Gasteiger partial charge on any atom is 1.00 e. The fraction of sp³-hybridized carbons (Fsp3) is 0.826. The summed E-state index contributed by atoms with van der Waals surface area (Å²) in [5.74, 6) is -1.31. The molecule has 9 nitrogen and oxygen atoms in total. The van der Waals surface area contributed by atoms with E-state index < -0.39 is 30.4 Å². The molecule has 4 rings (SSSR count). The fourth-order valence-electron chi connectivity index (χ4n) is 5.49. The number of likely N-dealkylation sites (tertiary alicyclic amines) is 1. The van der Waals surface area contributed by atoms with Crippen molar-refractivity contribution in [3.8, 4) is 0 Å². The smallest absolute Gasteiger partial charge is 0.548 e. The zero-order chi connectivity index (χ0) is 23.3. The molecule has 3 saturated heterocycles. The molecule has 3 heterocycles. The van der Waals surface area contributed by atoms with Gasteiger partial charge in [0, 0.05) is 7.11 Å². The number of epoxide rings is 2. The van der Waals surface area contributed by atoms with Gasteiger partial charge in [0.25, 0.3) is 0 Å². The van der Waals surface area contributed by atoms with Crippen LogP contribution in [0.1, 0.15) is 47.0 Å². The summed E-state index contributed by atoms with van der Waals surface area (Å²) >= 11 is 0. The molecule has 33 heavy (non-hydrogen) atoms. The van der Waals surface area contributed by atoms with Gasteiger partial charge in [-0.2, -0.15) is 0 Å². The second-order valence-corrected chi connectivity index (χ2v) is 10.3. The Bertz CT molecular complexity index is 789. The predicted molar refractivity (Wildman–Crippen MR) is 111 cm³/mol. The first kappa shape index (κ1) is 26.9. The van der Waals surface area contributed by atoms with Gasteiger partial charge in [-0.3, -0.25) is 0 Å². The molecule has 1 aliphatic carbocycles. The zero-order valence-electron chi connectivity index (χ0n) is 20.5. The Hall–Kier alpha value is -0.680. The van der Waals surface area contributed by atoms with Crippen LogP contribution in [-0.2, 0) is 28.5 Å². The minimum Gasteiger partial charge on any atom is -0.548 e. The molecular formula is C23H34NNaO8. The first-order chi connectivity index (χ1) is 15.0. The number of methoxy groups -OCH3 is 1. The maximum atomic E-state index is 12.8. The average Bonchev–Trinajstić information content (AvgIpc) is 3.61. The van der Waals surface area contributed by atoms with Crippen LogP contribution in [0.5, 0.6) is 0 Å². The summed E-state index contributed by atoms with van der Waals surface area (Å²) in [6.07, 6.45) is 3.37. The molecule has 180 valence electrons. The molecule has 0 aromatic heterocycles. The largest absolute Gasteiger partial charge is 1.00 e. The number of amides is 1. The maximum absolute atomic E-state index is 12.8. The number of allylic oxidation sites excluding steroid dienone is 1. The van der Waals surface area contributed by atoms with Crippen LogP contribution in [0.15, 0.2) is 11.6 Å². The molecule has 6 atom stereocenters. The van der Waals surface area contributed by atoms with Crippen LogP contribution in [0.3, 0.4) is 0 Å². The predicted octanol–water partition coefficient (Wildman–Crippen LogP) is -1.96. The van der Waals surface area contributed by atoms with E-state index in [1.54, 1.807) is 14.0 Å². The van der Waals surface area contributed by atoms with Gasteiger partial charge in [-0.25, -0.2) is 4.79 Å². The SMILES string of the molecule is CO[C@@H]1[C@H](OC(=O)N2CC(C)(OCC(=O)[O-])C2)CC[C@]2(CO2)[C@H]1[C@@]1(C)O[C@@H]1CC=C(C)C.[Na+]. The number of hydrogen-bond donors (Lipinski definition) is 0. The van der Waals surface area contributed by atoms with Gasteiger partial charge in [0.2, 0.25) is 0 Å². The van der Waals surface area contributed by atoms with E-state index in [1.807, 2.05) is 0 Å². The molecule has 3 aliphatic heterocycles. The summed E-state index contributed by atoms with van der Waals surface area (Å²) in [4.78, 5) is 24.9. The first-order valence-electron chi connectivity index (χ1n) is 11.3. The van der Waals surface area contributed by atoms with E-state index in [0.29, 0.717) is 13.0 Å². The normalized spacial score (nSPS) is 38.0. The van der Waals surface area contributed by atoms with Crippen LogP contribution < -0.4 is 34.7 Å². The van der Waals surface area contributed by atoms with Crippen molar-refractivity contribution in [3.63, 3.8) is 0 Å². The van der Waals surface area contributed by atoms with Crippen molar-refractivity contribution in [2.75, 3.05) is 33.4 Å². The van der Waals surface area contributed by atoms with E-state index in [4.69, 9.17) is 23.7 Å². The summed E-state index contributed by atoms with van der Waals surface area (Å²) in [5.41, 5.74) is -0.105. The third-order valence-corrected chi connectivity index (χ3v) is 7.34. The van der Waals surface area contributed by atoms with E-state index in [1.165, 1.54) is 10.5 Å². The van der Waals surface area contributed by atoms with Gasteiger partial charge in [0.15, 0.2) is 0 Å². The van der Waals surface area contributed by atoms with Gasteiger partial charge in [-0.15, -0.1) is 0 Å². The Kier molecular flexibility index (Phi) is 7.96. The van der Waals surface area contributed by atoms with E-state index in [2.05, 4.69) is 26.8 Å². The van der Waals surface area contributed by atoms with Crippen LogP contribution in [0.25, 0.3) is 0 Å². The van der Waals surface area contributed by atoms with E-state index >= 15 is 0 Å². The Morgan fingerprint density at radius 1 is 1.24 bits per heavy atom. The summed E-state index contributed by atoms with van der Waals surface area (Å²) in [6.45, 7) is 8.73. The number of carbonyl (C=O) groups is 2. The van der Waals surface area contributed by atoms with E-state index in [9.17, 15) is 14.7 Å². The third-order valence-electron chi connectivity index (χ3n) is 7.34. The number of hydrogen-bond acceptors (Lipinski definition) is 8. The van der Waals surface area contributed by atoms with Crippen LogP contribution in [-0.4, -0.2) is 85.5 Å². The Labute approximate surface area is 217 Å². The number of ether oxygens (including phenoxy) is 5. The van der Waals surface area contributed by atoms with Gasteiger partial charge in [0.05, 0.1) is 44.3 Å². The van der Waals surface area contributed by atoms with Crippen LogP contribution in [0, 0.1) is 5.92 Å². The molecule has 0 bridgehead atoms. The summed E-state index contributed by atoms with van der Waals surface area (Å²) < 4.78 is 29.2. The van der Waals surface area contributed by atoms with Crippen molar-refractivity contribution in [1.29, 1.82) is 0 Å². The number of carboxylic acids is 1. The standard InChI is InChI=1S/C23H35NO8.Na/c1-14(2)6-7-16-22(4,32-16)19-18(28-5)15(8-9-23(19)13-30-23)31-20(27)24-11-21(3,12-24)29-10-17(25)26;/h6,15-16,18-19H,7-13H2,1-5H3,(H,25,26);/q;+1/p-1/t15-,16-,18-,19-,22+,23+;/m1./s1. The molecule has 0 unspecified atom stereocenters. The number of nitrogens with zero attached hydrogens (tertiary/aromatic N) is 1. The summed E-state index contributed by atoms with van der Waals surface area (Å²) in [5, 5.41) is 10.6. The molecule has 0 N–H and O–H groups in total. The molecule has 10 heteroatoms. The molecule has 1 saturated carbocycles. The molecule has 4 aliphatic rings. The minimum atomic E-state index is -1.28. The van der Waals surface area contributed by atoms with E-state index in [-0.39, 0.29) is 72.0 Å². The van der Waals surface area contributed by atoms with Crippen LogP contribution >= 0.6 is 0 Å². The molecular weight excluding hydrogens is 441 g/mol. The number of carboxylic acid groups (broad SMARTS) is 1. The van der Waals surface area contributed by atoms with Crippen LogP contribution in [0.4, 0.5) is 4.79 Å². The van der Waals surface area contributed by atoms with Gasteiger partial charge >= 0.3 is 35.7 Å². The molecule has 1 amide bonds. The molecule has 0 radical (unpaired) electrons. The molecule has 1 spiro atoms.